The lowest BCUT2D eigenvalue weighted by atomic mass is 10.0. The van der Waals surface area contributed by atoms with Gasteiger partial charge in [0.1, 0.15) is 6.61 Å². The largest absolute Gasteiger partial charge is 0.477 e. The third kappa shape index (κ3) is 35.8. The van der Waals surface area contributed by atoms with Gasteiger partial charge in [0.15, 0.2) is 12.1 Å². The minimum absolute atomic E-state index is 0.0509. The molecule has 0 rings (SSSR count). The maximum absolute atomic E-state index is 12.7. The van der Waals surface area contributed by atoms with Gasteiger partial charge in [-0.3, -0.25) is 9.59 Å². The number of allylic oxidation sites excluding steroid dienone is 2. The first-order valence-corrected chi connectivity index (χ1v) is 22.7. The van der Waals surface area contributed by atoms with Crippen LogP contribution in [-0.4, -0.2) is 80.6 Å². The third-order valence-electron chi connectivity index (χ3n) is 10.4. The first-order valence-electron chi connectivity index (χ1n) is 22.7. The van der Waals surface area contributed by atoms with Crippen LogP contribution in [0.2, 0.25) is 0 Å². The Morgan fingerprint density at radius 1 is 0.537 bits per heavy atom. The van der Waals surface area contributed by atoms with Gasteiger partial charge >= 0.3 is 17.9 Å². The molecule has 0 bridgehead atoms. The SMILES string of the molecule is CCCCCCCCC/C=C/CCCCCC(=O)OC(COCCC(C(=O)O)[N+](C)(C)C)COC(=O)CCCCCCCCCCCCCCCCCC. The molecule has 0 spiro atoms. The van der Waals surface area contributed by atoms with Crippen LogP contribution in [0.1, 0.15) is 213 Å². The summed E-state index contributed by atoms with van der Waals surface area (Å²) >= 11 is 0. The smallest absolute Gasteiger partial charge is 0.362 e. The number of hydrogen-bond acceptors (Lipinski definition) is 6. The number of carbonyl (C=O) groups is 3. The summed E-state index contributed by atoms with van der Waals surface area (Å²) in [4.78, 5) is 37.0. The Kier molecular flexibility index (Phi) is 36.6. The van der Waals surface area contributed by atoms with Crippen molar-refractivity contribution in [2.45, 2.75) is 225 Å². The Labute approximate surface area is 333 Å². The van der Waals surface area contributed by atoms with Crippen molar-refractivity contribution in [3.63, 3.8) is 0 Å². The average Bonchev–Trinajstić information content (AvgIpc) is 3.12. The highest BCUT2D eigenvalue weighted by Gasteiger charge is 2.31. The summed E-state index contributed by atoms with van der Waals surface area (Å²) in [7, 11) is 5.53. The Bertz CT molecular complexity index is 900. The fourth-order valence-electron chi connectivity index (χ4n) is 6.85. The van der Waals surface area contributed by atoms with Crippen LogP contribution < -0.4 is 0 Å². The van der Waals surface area contributed by atoms with Crippen LogP contribution in [0.25, 0.3) is 0 Å². The maximum atomic E-state index is 12.7. The number of carboxylic acids is 1. The van der Waals surface area contributed by atoms with Crippen molar-refractivity contribution in [1.82, 2.24) is 0 Å². The lowest BCUT2D eigenvalue weighted by Gasteiger charge is -2.31. The van der Waals surface area contributed by atoms with Crippen molar-refractivity contribution in [2.24, 2.45) is 0 Å². The van der Waals surface area contributed by atoms with Crippen LogP contribution in [0.3, 0.4) is 0 Å². The minimum Gasteiger partial charge on any atom is -0.477 e. The van der Waals surface area contributed by atoms with E-state index in [-0.39, 0.29) is 36.2 Å². The molecule has 0 aliphatic rings. The molecular formula is C46H88NO7+. The predicted octanol–water partition coefficient (Wildman–Crippen LogP) is 12.3. The number of esters is 2. The molecule has 2 unspecified atom stereocenters. The van der Waals surface area contributed by atoms with Crippen LogP contribution in [0.5, 0.6) is 0 Å². The molecule has 0 fully saturated rings. The van der Waals surface area contributed by atoms with E-state index < -0.39 is 18.1 Å². The summed E-state index contributed by atoms with van der Waals surface area (Å²) in [6.07, 6.45) is 39.6. The van der Waals surface area contributed by atoms with Crippen LogP contribution in [-0.2, 0) is 28.6 Å². The number of carboxylic acid groups (broad SMARTS) is 1. The molecule has 318 valence electrons. The highest BCUT2D eigenvalue weighted by molar-refractivity contribution is 5.72. The highest BCUT2D eigenvalue weighted by Crippen LogP contribution is 2.15. The van der Waals surface area contributed by atoms with Crippen molar-refractivity contribution in [3.8, 4) is 0 Å². The molecule has 0 aromatic carbocycles. The molecule has 0 aromatic heterocycles. The average molecular weight is 767 g/mol. The summed E-state index contributed by atoms with van der Waals surface area (Å²) in [5, 5.41) is 9.61. The Morgan fingerprint density at radius 2 is 0.926 bits per heavy atom. The maximum Gasteiger partial charge on any atom is 0.362 e. The molecular weight excluding hydrogens is 679 g/mol. The number of ether oxygens (including phenoxy) is 3. The number of nitrogens with zero attached hydrogens (tertiary/aromatic N) is 1. The summed E-state index contributed by atoms with van der Waals surface area (Å²) in [5.41, 5.74) is 0. The molecule has 0 saturated carbocycles. The van der Waals surface area contributed by atoms with Crippen LogP contribution in [0.15, 0.2) is 12.2 Å². The van der Waals surface area contributed by atoms with Crippen molar-refractivity contribution in [2.75, 3.05) is 41.0 Å². The standard InChI is InChI=1S/C46H87NO7/c1-6-8-10-12-14-16-18-20-22-23-25-26-28-30-32-34-36-44(48)53-41-42(40-52-39-38-43(46(50)51)47(3,4)5)54-45(49)37-35-33-31-29-27-24-21-19-17-15-13-11-9-7-2/h24,27,42-43H,6-23,25-26,28-41H2,1-5H3/p+1/b27-24+. The molecule has 0 aromatic rings. The fourth-order valence-corrected chi connectivity index (χ4v) is 6.85. The van der Waals surface area contributed by atoms with E-state index in [1.807, 2.05) is 21.1 Å². The first kappa shape index (κ1) is 52.1. The highest BCUT2D eigenvalue weighted by atomic mass is 16.6. The van der Waals surface area contributed by atoms with Crippen LogP contribution in [0.4, 0.5) is 0 Å². The number of likely N-dealkylation sites (N-methyl/N-ethyl adjacent to an activating group) is 1. The van der Waals surface area contributed by atoms with Gasteiger partial charge in [0, 0.05) is 19.3 Å². The van der Waals surface area contributed by atoms with Crippen molar-refractivity contribution >= 4 is 17.9 Å². The summed E-state index contributed by atoms with van der Waals surface area (Å²) in [5.74, 6) is -1.47. The summed E-state index contributed by atoms with van der Waals surface area (Å²) in [6, 6.07) is -0.612. The number of carbonyl (C=O) groups excluding carboxylic acids is 2. The second-order valence-corrected chi connectivity index (χ2v) is 16.7. The third-order valence-corrected chi connectivity index (χ3v) is 10.4. The topological polar surface area (TPSA) is 99.1 Å². The molecule has 8 heteroatoms. The summed E-state index contributed by atoms with van der Waals surface area (Å²) < 4.78 is 17.3. The van der Waals surface area contributed by atoms with Gasteiger partial charge in [-0.2, -0.15) is 0 Å². The molecule has 0 amide bonds. The van der Waals surface area contributed by atoms with Gasteiger partial charge in [0.05, 0.1) is 34.4 Å². The molecule has 54 heavy (non-hydrogen) atoms. The Hall–Kier alpha value is -1.93. The van der Waals surface area contributed by atoms with Crippen molar-refractivity contribution in [3.05, 3.63) is 12.2 Å². The lowest BCUT2D eigenvalue weighted by Crippen LogP contribution is -2.50. The number of hydrogen-bond donors (Lipinski definition) is 1. The molecule has 1 N–H and O–H groups in total. The number of quaternary nitrogens is 1. The van der Waals surface area contributed by atoms with E-state index in [0.29, 0.717) is 19.3 Å². The quantitative estimate of drug-likeness (QED) is 0.0286. The molecule has 0 saturated heterocycles. The van der Waals surface area contributed by atoms with Gasteiger partial charge < -0.3 is 23.8 Å². The van der Waals surface area contributed by atoms with Gasteiger partial charge in [-0.15, -0.1) is 0 Å². The number of rotatable bonds is 41. The van der Waals surface area contributed by atoms with E-state index in [1.54, 1.807) is 0 Å². The van der Waals surface area contributed by atoms with E-state index >= 15 is 0 Å². The van der Waals surface area contributed by atoms with Gasteiger partial charge in [-0.1, -0.05) is 167 Å². The van der Waals surface area contributed by atoms with Crippen LogP contribution >= 0.6 is 0 Å². The predicted molar refractivity (Wildman–Crippen MR) is 225 cm³/mol. The van der Waals surface area contributed by atoms with E-state index in [2.05, 4.69) is 26.0 Å². The Balaban J connectivity index is 4.31. The monoisotopic (exact) mass is 767 g/mol. The molecule has 0 radical (unpaired) electrons. The molecule has 8 nitrogen and oxygen atoms in total. The van der Waals surface area contributed by atoms with Gasteiger partial charge in [-0.05, 0) is 38.5 Å². The zero-order valence-electron chi connectivity index (χ0n) is 36.2. The van der Waals surface area contributed by atoms with Crippen molar-refractivity contribution in [1.29, 1.82) is 0 Å². The van der Waals surface area contributed by atoms with E-state index in [1.165, 1.54) is 128 Å². The zero-order valence-corrected chi connectivity index (χ0v) is 36.2. The van der Waals surface area contributed by atoms with Gasteiger partial charge in [0.2, 0.25) is 0 Å². The fraction of sp³-hybridized carbons (Fsp3) is 0.891. The van der Waals surface area contributed by atoms with Gasteiger partial charge in [-0.25, -0.2) is 4.79 Å². The molecule has 2 atom stereocenters. The van der Waals surface area contributed by atoms with E-state index in [0.717, 1.165) is 51.4 Å². The lowest BCUT2D eigenvalue weighted by molar-refractivity contribution is -0.887. The molecule has 0 aliphatic heterocycles. The van der Waals surface area contributed by atoms with E-state index in [9.17, 15) is 19.5 Å². The second kappa shape index (κ2) is 38.0. The Morgan fingerprint density at radius 3 is 1.35 bits per heavy atom. The number of unbranched alkanes of at least 4 members (excludes halogenated alkanes) is 25. The number of aliphatic carboxylic acids is 1. The van der Waals surface area contributed by atoms with E-state index in [4.69, 9.17) is 14.2 Å². The van der Waals surface area contributed by atoms with Crippen LogP contribution in [0, 0.1) is 0 Å². The van der Waals surface area contributed by atoms with Crippen molar-refractivity contribution < 1.29 is 38.2 Å². The van der Waals surface area contributed by atoms with Gasteiger partial charge in [0.25, 0.3) is 0 Å². The molecule has 0 heterocycles. The second-order valence-electron chi connectivity index (χ2n) is 16.7. The summed E-state index contributed by atoms with van der Waals surface area (Å²) in [6.45, 7) is 4.74. The first-order chi connectivity index (χ1) is 26.1. The zero-order chi connectivity index (χ0) is 40.0. The molecule has 0 aliphatic carbocycles. The minimum atomic E-state index is -0.874. The normalized spacial score (nSPS) is 13.0.